The smallest absolute Gasteiger partial charge is 0.0740 e. The predicted molar refractivity (Wildman–Crippen MR) is 70.9 cm³/mol. The van der Waals surface area contributed by atoms with Gasteiger partial charge >= 0.3 is 0 Å². The maximum absolute atomic E-state index is 11.1. The van der Waals surface area contributed by atoms with E-state index in [4.69, 9.17) is 5.73 Å². The van der Waals surface area contributed by atoms with Crippen molar-refractivity contribution in [3.05, 3.63) is 0 Å². The van der Waals surface area contributed by atoms with E-state index in [0.717, 1.165) is 38.8 Å². The number of piperidine rings is 1. The lowest BCUT2D eigenvalue weighted by atomic mass is 9.63. The first kappa shape index (κ1) is 13.3. The molecular formula is C14H28N2O. The molecule has 0 aromatic heterocycles. The third-order valence-electron chi connectivity index (χ3n) is 5.25. The second-order valence-electron chi connectivity index (χ2n) is 6.23. The number of hydrogen-bond donors (Lipinski definition) is 2. The standard InChI is InChI=1S/C14H28N2O/c1-16-10-8-14(17,9-11-16)13(12-15)6-4-2-3-5-7-13/h17H,2-12,15H2,1H3. The van der Waals surface area contributed by atoms with Crippen LogP contribution < -0.4 is 5.73 Å². The normalized spacial score (nSPS) is 29.8. The Balaban J connectivity index is 2.14. The SMILES string of the molecule is CN1CCC(O)(C2(CN)CCCCCC2)CC1. The summed E-state index contributed by atoms with van der Waals surface area (Å²) in [7, 11) is 2.14. The molecular weight excluding hydrogens is 212 g/mol. The lowest BCUT2D eigenvalue weighted by Gasteiger charge is -2.50. The van der Waals surface area contributed by atoms with Crippen molar-refractivity contribution in [1.82, 2.24) is 4.90 Å². The third-order valence-corrected chi connectivity index (χ3v) is 5.25. The minimum absolute atomic E-state index is 0.00472. The first-order chi connectivity index (χ1) is 8.12. The molecule has 0 atom stereocenters. The number of aliphatic hydroxyl groups is 1. The summed E-state index contributed by atoms with van der Waals surface area (Å²) in [5.41, 5.74) is 5.59. The van der Waals surface area contributed by atoms with Crippen molar-refractivity contribution >= 4 is 0 Å². The lowest BCUT2D eigenvalue weighted by molar-refractivity contribution is -0.122. The van der Waals surface area contributed by atoms with Gasteiger partial charge in [0.05, 0.1) is 5.60 Å². The molecule has 1 heterocycles. The number of nitrogens with zero attached hydrogens (tertiary/aromatic N) is 1. The van der Waals surface area contributed by atoms with Gasteiger partial charge in [0.1, 0.15) is 0 Å². The highest BCUT2D eigenvalue weighted by molar-refractivity contribution is 5.02. The number of rotatable bonds is 2. The van der Waals surface area contributed by atoms with E-state index in [2.05, 4.69) is 11.9 Å². The van der Waals surface area contributed by atoms with Gasteiger partial charge in [-0.1, -0.05) is 25.7 Å². The molecule has 1 saturated carbocycles. The van der Waals surface area contributed by atoms with Crippen molar-refractivity contribution < 1.29 is 5.11 Å². The molecule has 1 aliphatic carbocycles. The Morgan fingerprint density at radius 1 is 1.00 bits per heavy atom. The van der Waals surface area contributed by atoms with E-state index in [1.807, 2.05) is 0 Å². The molecule has 2 aliphatic rings. The van der Waals surface area contributed by atoms with Gasteiger partial charge in [-0.3, -0.25) is 0 Å². The van der Waals surface area contributed by atoms with Crippen LogP contribution in [0.4, 0.5) is 0 Å². The van der Waals surface area contributed by atoms with E-state index >= 15 is 0 Å². The van der Waals surface area contributed by atoms with Crippen LogP contribution in [0.5, 0.6) is 0 Å². The first-order valence-electron chi connectivity index (χ1n) is 7.23. The predicted octanol–water partition coefficient (Wildman–Crippen LogP) is 1.74. The van der Waals surface area contributed by atoms with E-state index in [9.17, 15) is 5.11 Å². The van der Waals surface area contributed by atoms with Gasteiger partial charge in [0.2, 0.25) is 0 Å². The number of nitrogens with two attached hydrogens (primary N) is 1. The molecule has 1 saturated heterocycles. The molecule has 2 fully saturated rings. The highest BCUT2D eigenvalue weighted by atomic mass is 16.3. The largest absolute Gasteiger partial charge is 0.389 e. The average Bonchev–Trinajstić information content (AvgIpc) is 2.59. The van der Waals surface area contributed by atoms with Crippen LogP contribution in [0, 0.1) is 5.41 Å². The van der Waals surface area contributed by atoms with Gasteiger partial charge in [0.15, 0.2) is 0 Å². The van der Waals surface area contributed by atoms with Crippen LogP contribution in [-0.2, 0) is 0 Å². The fourth-order valence-corrected chi connectivity index (χ4v) is 3.78. The zero-order valence-corrected chi connectivity index (χ0v) is 11.2. The van der Waals surface area contributed by atoms with Gasteiger partial charge in [-0.05, 0) is 32.7 Å². The van der Waals surface area contributed by atoms with Crippen LogP contribution in [-0.4, -0.2) is 42.3 Å². The van der Waals surface area contributed by atoms with Crippen molar-refractivity contribution in [2.75, 3.05) is 26.7 Å². The Labute approximate surface area is 105 Å². The Kier molecular flexibility index (Phi) is 4.11. The highest BCUT2D eigenvalue weighted by Crippen LogP contribution is 2.47. The highest BCUT2D eigenvalue weighted by Gasteiger charge is 2.49. The molecule has 0 unspecified atom stereocenters. The lowest BCUT2D eigenvalue weighted by Crippen LogP contribution is -2.57. The Morgan fingerprint density at radius 2 is 1.53 bits per heavy atom. The van der Waals surface area contributed by atoms with Crippen molar-refractivity contribution in [2.24, 2.45) is 11.1 Å². The number of likely N-dealkylation sites (tertiary alicyclic amines) is 1. The van der Waals surface area contributed by atoms with Crippen molar-refractivity contribution in [2.45, 2.75) is 57.0 Å². The summed E-state index contributed by atoms with van der Waals surface area (Å²) in [6, 6.07) is 0. The fourth-order valence-electron chi connectivity index (χ4n) is 3.78. The molecule has 0 aromatic carbocycles. The molecule has 0 amide bonds. The van der Waals surface area contributed by atoms with Crippen LogP contribution in [0.25, 0.3) is 0 Å². The molecule has 0 bridgehead atoms. The average molecular weight is 240 g/mol. The summed E-state index contributed by atoms with van der Waals surface area (Å²) >= 11 is 0. The maximum atomic E-state index is 11.1. The van der Waals surface area contributed by atoms with Crippen LogP contribution in [0.1, 0.15) is 51.4 Å². The molecule has 1 aliphatic heterocycles. The zero-order valence-electron chi connectivity index (χ0n) is 11.2. The van der Waals surface area contributed by atoms with E-state index in [0.29, 0.717) is 6.54 Å². The van der Waals surface area contributed by atoms with Crippen LogP contribution in [0.3, 0.4) is 0 Å². The first-order valence-corrected chi connectivity index (χ1v) is 7.23. The second kappa shape index (κ2) is 5.25. The van der Waals surface area contributed by atoms with Gasteiger partial charge in [-0.2, -0.15) is 0 Å². The quantitative estimate of drug-likeness (QED) is 0.723. The van der Waals surface area contributed by atoms with Gasteiger partial charge in [-0.25, -0.2) is 0 Å². The fraction of sp³-hybridized carbons (Fsp3) is 1.00. The van der Waals surface area contributed by atoms with Gasteiger partial charge < -0.3 is 15.7 Å². The van der Waals surface area contributed by atoms with Gasteiger partial charge in [-0.15, -0.1) is 0 Å². The van der Waals surface area contributed by atoms with Crippen LogP contribution in [0.2, 0.25) is 0 Å². The molecule has 0 spiro atoms. The molecule has 3 nitrogen and oxygen atoms in total. The summed E-state index contributed by atoms with van der Waals surface area (Å²) in [5, 5.41) is 11.1. The molecule has 17 heavy (non-hydrogen) atoms. The monoisotopic (exact) mass is 240 g/mol. The molecule has 3 heteroatoms. The van der Waals surface area contributed by atoms with Gasteiger partial charge in [0.25, 0.3) is 0 Å². The summed E-state index contributed by atoms with van der Waals surface area (Å²) < 4.78 is 0. The molecule has 3 N–H and O–H groups in total. The van der Waals surface area contributed by atoms with E-state index in [-0.39, 0.29) is 5.41 Å². The van der Waals surface area contributed by atoms with Crippen molar-refractivity contribution in [3.63, 3.8) is 0 Å². The molecule has 2 rings (SSSR count). The third kappa shape index (κ3) is 2.51. The van der Waals surface area contributed by atoms with E-state index < -0.39 is 5.60 Å². The van der Waals surface area contributed by atoms with Crippen molar-refractivity contribution in [3.8, 4) is 0 Å². The van der Waals surface area contributed by atoms with Crippen LogP contribution in [0.15, 0.2) is 0 Å². The Hall–Kier alpha value is -0.120. The zero-order chi connectivity index (χ0) is 12.4. The topological polar surface area (TPSA) is 49.5 Å². The molecule has 0 radical (unpaired) electrons. The number of hydrogen-bond acceptors (Lipinski definition) is 3. The molecule has 100 valence electrons. The summed E-state index contributed by atoms with van der Waals surface area (Å²) in [4.78, 5) is 2.31. The second-order valence-corrected chi connectivity index (χ2v) is 6.23. The Morgan fingerprint density at radius 3 is 2.00 bits per heavy atom. The minimum Gasteiger partial charge on any atom is -0.389 e. The van der Waals surface area contributed by atoms with Gasteiger partial charge in [0, 0.05) is 25.0 Å². The summed E-state index contributed by atoms with van der Waals surface area (Å²) in [6.45, 7) is 2.68. The summed E-state index contributed by atoms with van der Waals surface area (Å²) in [5.74, 6) is 0. The summed E-state index contributed by atoms with van der Waals surface area (Å²) in [6.07, 6.45) is 9.19. The molecule has 0 aromatic rings. The van der Waals surface area contributed by atoms with Crippen molar-refractivity contribution in [1.29, 1.82) is 0 Å². The minimum atomic E-state index is -0.501. The Bertz CT molecular complexity index is 239. The maximum Gasteiger partial charge on any atom is 0.0740 e. The van der Waals surface area contributed by atoms with E-state index in [1.54, 1.807) is 0 Å². The van der Waals surface area contributed by atoms with Crippen LogP contribution >= 0.6 is 0 Å². The van der Waals surface area contributed by atoms with E-state index in [1.165, 1.54) is 25.7 Å².